The number of likely N-dealkylation sites (N-methyl/N-ethyl adjacent to an activating group) is 1. The molecule has 1 saturated heterocycles. The van der Waals surface area contributed by atoms with E-state index < -0.39 is 0 Å². The molecule has 3 heterocycles. The molecule has 2 aromatic rings. The molecule has 21 heavy (non-hydrogen) atoms. The maximum atomic E-state index is 5.16. The second-order valence-corrected chi connectivity index (χ2v) is 6.07. The van der Waals surface area contributed by atoms with Gasteiger partial charge in [0.05, 0.1) is 12.5 Å². The minimum absolute atomic E-state index is 0.394. The molecule has 1 aliphatic heterocycles. The van der Waals surface area contributed by atoms with Crippen LogP contribution in [0.4, 0.5) is 0 Å². The fourth-order valence-corrected chi connectivity index (χ4v) is 3.13. The number of aromatic nitrogens is 3. The molecular weight excluding hydrogens is 266 g/mol. The first kappa shape index (κ1) is 14.3. The molecule has 1 fully saturated rings. The number of furan rings is 1. The maximum Gasteiger partial charge on any atom is 0.155 e. The van der Waals surface area contributed by atoms with Gasteiger partial charge in [-0.2, -0.15) is 5.10 Å². The smallest absolute Gasteiger partial charge is 0.155 e. The summed E-state index contributed by atoms with van der Waals surface area (Å²) in [7, 11) is 4.27. The van der Waals surface area contributed by atoms with Crippen LogP contribution in [-0.4, -0.2) is 58.2 Å². The molecule has 0 radical (unpaired) electrons. The summed E-state index contributed by atoms with van der Waals surface area (Å²) in [6, 6.07) is 2.47. The number of hydrogen-bond donors (Lipinski definition) is 1. The van der Waals surface area contributed by atoms with Crippen molar-refractivity contribution < 1.29 is 4.42 Å². The highest BCUT2D eigenvalue weighted by atomic mass is 16.3. The summed E-state index contributed by atoms with van der Waals surface area (Å²) in [5.41, 5.74) is 1.24. The Morgan fingerprint density at radius 2 is 2.33 bits per heavy atom. The van der Waals surface area contributed by atoms with Crippen LogP contribution in [0.2, 0.25) is 0 Å². The molecule has 0 unspecified atom stereocenters. The summed E-state index contributed by atoms with van der Waals surface area (Å²) in [5, 5.41) is 7.34. The van der Waals surface area contributed by atoms with Gasteiger partial charge in [0.1, 0.15) is 5.82 Å². The topological polar surface area (TPSA) is 61.2 Å². The second kappa shape index (κ2) is 5.99. The second-order valence-electron chi connectivity index (χ2n) is 6.07. The minimum atomic E-state index is 0.394. The Kier molecular flexibility index (Phi) is 4.07. The van der Waals surface area contributed by atoms with Gasteiger partial charge in [-0.3, -0.25) is 10.00 Å². The highest BCUT2D eigenvalue weighted by molar-refractivity contribution is 5.08. The SMILES string of the molecule is Cc1nc([C@H]2CCN(Cc3ccoc3)C[C@H]2N(C)C)n[nH]1. The monoisotopic (exact) mass is 289 g/mol. The number of piperidine rings is 1. The molecule has 114 valence electrons. The van der Waals surface area contributed by atoms with Gasteiger partial charge in [0.2, 0.25) is 0 Å². The molecule has 6 heteroatoms. The van der Waals surface area contributed by atoms with Gasteiger partial charge in [0.25, 0.3) is 0 Å². The largest absolute Gasteiger partial charge is 0.472 e. The lowest BCUT2D eigenvalue weighted by atomic mass is 9.90. The molecule has 0 amide bonds. The molecule has 2 aromatic heterocycles. The van der Waals surface area contributed by atoms with Crippen molar-refractivity contribution in [2.24, 2.45) is 0 Å². The summed E-state index contributed by atoms with van der Waals surface area (Å²) in [4.78, 5) is 9.31. The van der Waals surface area contributed by atoms with Gasteiger partial charge in [0.15, 0.2) is 5.82 Å². The van der Waals surface area contributed by atoms with Crippen molar-refractivity contribution in [2.75, 3.05) is 27.2 Å². The zero-order valence-corrected chi connectivity index (χ0v) is 12.9. The molecular formula is C15H23N5O. The van der Waals surface area contributed by atoms with Crippen molar-refractivity contribution in [3.63, 3.8) is 0 Å². The van der Waals surface area contributed by atoms with Gasteiger partial charge < -0.3 is 9.32 Å². The molecule has 0 spiro atoms. The minimum Gasteiger partial charge on any atom is -0.472 e. The zero-order chi connectivity index (χ0) is 14.8. The van der Waals surface area contributed by atoms with Crippen LogP contribution in [0.25, 0.3) is 0 Å². The lowest BCUT2D eigenvalue weighted by molar-refractivity contribution is 0.105. The van der Waals surface area contributed by atoms with E-state index in [9.17, 15) is 0 Å². The van der Waals surface area contributed by atoms with Crippen LogP contribution in [0.1, 0.15) is 29.6 Å². The summed E-state index contributed by atoms with van der Waals surface area (Å²) in [6.07, 6.45) is 4.65. The normalized spacial score (nSPS) is 23.8. The summed E-state index contributed by atoms with van der Waals surface area (Å²) in [6.45, 7) is 4.99. The molecule has 6 nitrogen and oxygen atoms in total. The van der Waals surface area contributed by atoms with Gasteiger partial charge >= 0.3 is 0 Å². The molecule has 1 aliphatic rings. The standard InChI is InChI=1S/C15H23N5O/c1-11-16-15(18-17-11)13-4-6-20(9-14(13)19(2)3)8-12-5-7-21-10-12/h5,7,10,13-14H,4,6,8-9H2,1-3H3,(H,16,17,18)/t13-,14+/m0/s1. The number of aryl methyl sites for hydroxylation is 1. The van der Waals surface area contributed by atoms with Crippen LogP contribution in [0.15, 0.2) is 23.0 Å². The summed E-state index contributed by atoms with van der Waals surface area (Å²) in [5.74, 6) is 2.24. The predicted molar refractivity (Wildman–Crippen MR) is 79.9 cm³/mol. The lowest BCUT2D eigenvalue weighted by Crippen LogP contribution is -2.49. The summed E-state index contributed by atoms with van der Waals surface area (Å²) >= 11 is 0. The number of nitrogens with zero attached hydrogens (tertiary/aromatic N) is 4. The Morgan fingerprint density at radius 3 is 2.95 bits per heavy atom. The van der Waals surface area contributed by atoms with Crippen molar-refractivity contribution >= 4 is 0 Å². The third kappa shape index (κ3) is 3.16. The fraction of sp³-hybridized carbons (Fsp3) is 0.600. The first-order valence-electron chi connectivity index (χ1n) is 7.42. The van der Waals surface area contributed by atoms with Gasteiger partial charge in [-0.25, -0.2) is 4.98 Å². The van der Waals surface area contributed by atoms with Crippen LogP contribution < -0.4 is 0 Å². The van der Waals surface area contributed by atoms with E-state index in [1.54, 1.807) is 6.26 Å². The van der Waals surface area contributed by atoms with E-state index >= 15 is 0 Å². The Balaban J connectivity index is 1.71. The van der Waals surface area contributed by atoms with E-state index in [0.29, 0.717) is 12.0 Å². The quantitative estimate of drug-likeness (QED) is 0.927. The van der Waals surface area contributed by atoms with Crippen LogP contribution in [0.5, 0.6) is 0 Å². The average Bonchev–Trinajstić information content (AvgIpc) is 3.10. The molecule has 0 aliphatic carbocycles. The van der Waals surface area contributed by atoms with Crippen LogP contribution >= 0.6 is 0 Å². The van der Waals surface area contributed by atoms with E-state index in [2.05, 4.69) is 39.1 Å². The van der Waals surface area contributed by atoms with E-state index in [-0.39, 0.29) is 0 Å². The third-order valence-corrected chi connectivity index (χ3v) is 4.26. The van der Waals surface area contributed by atoms with Crippen molar-refractivity contribution in [2.45, 2.75) is 31.8 Å². The molecule has 3 rings (SSSR count). The number of rotatable bonds is 4. The van der Waals surface area contributed by atoms with E-state index in [1.165, 1.54) is 5.56 Å². The van der Waals surface area contributed by atoms with E-state index in [1.807, 2.05) is 19.3 Å². The molecule has 0 bridgehead atoms. The molecule has 0 saturated carbocycles. The van der Waals surface area contributed by atoms with Gasteiger partial charge in [-0.05, 0) is 40.1 Å². The first-order valence-corrected chi connectivity index (χ1v) is 7.42. The van der Waals surface area contributed by atoms with Crippen molar-refractivity contribution in [1.82, 2.24) is 25.0 Å². The Morgan fingerprint density at radius 1 is 1.48 bits per heavy atom. The Labute approximate surface area is 125 Å². The van der Waals surface area contributed by atoms with Crippen molar-refractivity contribution in [3.05, 3.63) is 35.8 Å². The average molecular weight is 289 g/mol. The van der Waals surface area contributed by atoms with Gasteiger partial charge in [0, 0.05) is 30.6 Å². The first-order chi connectivity index (χ1) is 10.1. The molecule has 2 atom stereocenters. The molecule has 0 aromatic carbocycles. The van der Waals surface area contributed by atoms with Crippen LogP contribution in [0, 0.1) is 6.92 Å². The molecule has 1 N–H and O–H groups in total. The Hall–Kier alpha value is -1.66. The number of likely N-dealkylation sites (tertiary alicyclic amines) is 1. The number of nitrogens with one attached hydrogen (secondary N) is 1. The van der Waals surface area contributed by atoms with Crippen molar-refractivity contribution in [1.29, 1.82) is 0 Å². The predicted octanol–water partition coefficient (Wildman–Crippen LogP) is 1.63. The van der Waals surface area contributed by atoms with Crippen molar-refractivity contribution in [3.8, 4) is 0 Å². The Bertz CT molecular complexity index is 562. The van der Waals surface area contributed by atoms with Crippen LogP contribution in [-0.2, 0) is 6.54 Å². The zero-order valence-electron chi connectivity index (χ0n) is 12.9. The number of hydrogen-bond acceptors (Lipinski definition) is 5. The maximum absolute atomic E-state index is 5.16. The van der Waals surface area contributed by atoms with Crippen LogP contribution in [0.3, 0.4) is 0 Å². The lowest BCUT2D eigenvalue weighted by Gasteiger charge is -2.40. The van der Waals surface area contributed by atoms with Gasteiger partial charge in [-0.15, -0.1) is 0 Å². The number of H-pyrrole nitrogens is 1. The fourth-order valence-electron chi connectivity index (χ4n) is 3.13. The van der Waals surface area contributed by atoms with Gasteiger partial charge in [-0.1, -0.05) is 0 Å². The van der Waals surface area contributed by atoms with E-state index in [0.717, 1.165) is 37.7 Å². The summed E-state index contributed by atoms with van der Waals surface area (Å²) < 4.78 is 5.16. The van der Waals surface area contributed by atoms with E-state index in [4.69, 9.17) is 4.42 Å². The highest BCUT2D eigenvalue weighted by Gasteiger charge is 2.34. The highest BCUT2D eigenvalue weighted by Crippen LogP contribution is 2.29. The number of aromatic amines is 1. The third-order valence-electron chi connectivity index (χ3n) is 4.26.